The Balaban J connectivity index is 1.73. The van der Waals surface area contributed by atoms with Crippen molar-refractivity contribution in [1.29, 1.82) is 0 Å². The number of piperidine rings is 1. The van der Waals surface area contributed by atoms with E-state index in [1.165, 1.54) is 11.1 Å². The van der Waals surface area contributed by atoms with E-state index in [9.17, 15) is 9.90 Å². The van der Waals surface area contributed by atoms with Crippen LogP contribution in [0.25, 0.3) is 0 Å². The summed E-state index contributed by atoms with van der Waals surface area (Å²) in [6.07, 6.45) is 6.96. The van der Waals surface area contributed by atoms with Crippen LogP contribution in [0.4, 0.5) is 0 Å². The molecule has 0 aliphatic carbocycles. The molecule has 1 aliphatic heterocycles. The number of benzene rings is 1. The Hall–Kier alpha value is -3.05. The van der Waals surface area contributed by atoms with Gasteiger partial charge in [-0.1, -0.05) is 24.3 Å². The van der Waals surface area contributed by atoms with Gasteiger partial charge in [-0.3, -0.25) is 14.9 Å². The lowest BCUT2D eigenvalue weighted by atomic mass is 9.88. The number of rotatable bonds is 5. The highest BCUT2D eigenvalue weighted by molar-refractivity contribution is 5.87. The van der Waals surface area contributed by atoms with E-state index in [1.807, 2.05) is 36.7 Å². The summed E-state index contributed by atoms with van der Waals surface area (Å²) in [7, 11) is 0. The molecule has 0 amide bonds. The van der Waals surface area contributed by atoms with Crippen LogP contribution in [0.2, 0.25) is 0 Å². The zero-order valence-electron chi connectivity index (χ0n) is 17.5. The highest BCUT2D eigenvalue weighted by Gasteiger charge is 2.35. The van der Waals surface area contributed by atoms with Crippen molar-refractivity contribution in [2.24, 2.45) is 0 Å². The van der Waals surface area contributed by atoms with Crippen LogP contribution in [-0.4, -0.2) is 25.9 Å². The predicted octanol–water partition coefficient (Wildman–Crippen LogP) is 5.26. The van der Waals surface area contributed by atoms with Crippen LogP contribution < -0.4 is 0 Å². The summed E-state index contributed by atoms with van der Waals surface area (Å²) in [5, 5.41) is 9.21. The molecule has 0 spiro atoms. The number of likely N-dealkylation sites (tertiary alicyclic amines) is 1. The molecular formula is C25H27N3O2. The van der Waals surface area contributed by atoms with Crippen molar-refractivity contribution in [2.45, 2.75) is 51.7 Å². The lowest BCUT2D eigenvalue weighted by molar-refractivity contribution is 0.0676. The number of hydrogen-bond donors (Lipinski definition) is 1. The summed E-state index contributed by atoms with van der Waals surface area (Å²) in [6.45, 7) is 4.97. The van der Waals surface area contributed by atoms with E-state index >= 15 is 0 Å². The molecule has 3 heterocycles. The zero-order chi connectivity index (χ0) is 21.1. The number of pyridine rings is 2. The maximum atomic E-state index is 11.2. The van der Waals surface area contributed by atoms with Crippen molar-refractivity contribution in [3.8, 4) is 0 Å². The van der Waals surface area contributed by atoms with Gasteiger partial charge in [0.15, 0.2) is 0 Å². The van der Waals surface area contributed by atoms with E-state index in [-0.39, 0.29) is 12.1 Å². The Labute approximate surface area is 177 Å². The molecule has 5 nitrogen and oxygen atoms in total. The van der Waals surface area contributed by atoms with Gasteiger partial charge < -0.3 is 5.11 Å². The zero-order valence-corrected chi connectivity index (χ0v) is 17.5. The van der Waals surface area contributed by atoms with Gasteiger partial charge in [-0.2, -0.15) is 0 Å². The van der Waals surface area contributed by atoms with Crippen molar-refractivity contribution in [3.63, 3.8) is 0 Å². The third-order valence-electron chi connectivity index (χ3n) is 6.05. The summed E-state index contributed by atoms with van der Waals surface area (Å²) in [6, 6.07) is 15.8. The molecule has 2 atom stereocenters. The van der Waals surface area contributed by atoms with Gasteiger partial charge in [0.25, 0.3) is 0 Å². The van der Waals surface area contributed by atoms with E-state index in [0.29, 0.717) is 5.56 Å². The van der Waals surface area contributed by atoms with Gasteiger partial charge in [-0.15, -0.1) is 0 Å². The lowest BCUT2D eigenvalue weighted by Crippen LogP contribution is -2.37. The van der Waals surface area contributed by atoms with Gasteiger partial charge >= 0.3 is 5.97 Å². The monoisotopic (exact) mass is 401 g/mol. The minimum atomic E-state index is -0.900. The van der Waals surface area contributed by atoms with Gasteiger partial charge in [-0.25, -0.2) is 4.79 Å². The molecule has 30 heavy (non-hydrogen) atoms. The number of carboxylic acids is 1. The van der Waals surface area contributed by atoms with E-state index in [2.05, 4.69) is 30.9 Å². The molecule has 1 aliphatic rings. The van der Waals surface area contributed by atoms with E-state index in [4.69, 9.17) is 9.97 Å². The molecule has 0 radical (unpaired) electrons. The van der Waals surface area contributed by atoms with Crippen LogP contribution in [0.5, 0.6) is 0 Å². The molecule has 154 valence electrons. The van der Waals surface area contributed by atoms with Crippen molar-refractivity contribution < 1.29 is 9.90 Å². The van der Waals surface area contributed by atoms with Crippen LogP contribution in [0.3, 0.4) is 0 Å². The van der Waals surface area contributed by atoms with E-state index < -0.39 is 5.97 Å². The first-order valence-electron chi connectivity index (χ1n) is 10.5. The normalized spacial score (nSPS) is 19.5. The van der Waals surface area contributed by atoms with Crippen molar-refractivity contribution >= 4 is 5.97 Å². The maximum absolute atomic E-state index is 11.2. The molecule has 1 saturated heterocycles. The summed E-state index contributed by atoms with van der Waals surface area (Å²) in [5.74, 6) is -0.900. The Morgan fingerprint density at radius 1 is 0.933 bits per heavy atom. The van der Waals surface area contributed by atoms with Gasteiger partial charge in [0.2, 0.25) is 0 Å². The fraction of sp³-hybridized carbons (Fsp3) is 0.320. The van der Waals surface area contributed by atoms with Crippen LogP contribution >= 0.6 is 0 Å². The molecule has 2 unspecified atom stereocenters. The number of aromatic carboxylic acids is 1. The molecule has 0 saturated carbocycles. The lowest BCUT2D eigenvalue weighted by Gasteiger charge is -2.42. The molecule has 4 rings (SSSR count). The molecule has 1 N–H and O–H groups in total. The highest BCUT2D eigenvalue weighted by atomic mass is 16.4. The summed E-state index contributed by atoms with van der Waals surface area (Å²) in [5.41, 5.74) is 6.06. The largest absolute Gasteiger partial charge is 0.478 e. The summed E-state index contributed by atoms with van der Waals surface area (Å²) < 4.78 is 0. The average molecular weight is 402 g/mol. The molecule has 1 aromatic carbocycles. The third-order valence-corrected chi connectivity index (χ3v) is 6.05. The second-order valence-corrected chi connectivity index (χ2v) is 8.05. The van der Waals surface area contributed by atoms with E-state index in [0.717, 1.165) is 42.8 Å². The third kappa shape index (κ3) is 4.12. The first-order chi connectivity index (χ1) is 14.5. The number of nitrogens with zero attached hydrogens (tertiary/aromatic N) is 3. The Morgan fingerprint density at radius 3 is 1.93 bits per heavy atom. The molecule has 5 heteroatoms. The van der Waals surface area contributed by atoms with E-state index in [1.54, 1.807) is 12.1 Å². The fourth-order valence-electron chi connectivity index (χ4n) is 4.52. The second-order valence-electron chi connectivity index (χ2n) is 8.05. The molecule has 0 bridgehead atoms. The Morgan fingerprint density at radius 2 is 1.47 bits per heavy atom. The Bertz CT molecular complexity index is 979. The number of aryl methyl sites for hydroxylation is 2. The van der Waals surface area contributed by atoms with Crippen molar-refractivity contribution in [2.75, 3.05) is 0 Å². The minimum Gasteiger partial charge on any atom is -0.478 e. The number of carbonyl (C=O) groups is 1. The molecule has 3 aromatic rings. The molecular weight excluding hydrogens is 374 g/mol. The average Bonchev–Trinajstić information content (AvgIpc) is 2.75. The minimum absolute atomic E-state index is 0.200. The van der Waals surface area contributed by atoms with Gasteiger partial charge in [0, 0.05) is 18.9 Å². The first-order valence-corrected chi connectivity index (χ1v) is 10.5. The number of aromatic nitrogens is 2. The quantitative estimate of drug-likeness (QED) is 0.632. The van der Waals surface area contributed by atoms with Crippen LogP contribution in [0.15, 0.2) is 60.9 Å². The smallest absolute Gasteiger partial charge is 0.335 e. The van der Waals surface area contributed by atoms with Gasteiger partial charge in [0.1, 0.15) is 0 Å². The fourth-order valence-corrected chi connectivity index (χ4v) is 4.52. The standard InChI is InChI=1S/C25H27N3O2/c1-17-6-4-14-26-23(17)21-8-3-9-22(24-18(2)7-5-15-27-24)28(21)16-19-10-12-20(13-11-19)25(29)30/h4-7,10-15,21-22H,3,8-9,16H2,1-2H3,(H,29,30). The molecule has 2 aromatic heterocycles. The first kappa shape index (κ1) is 20.2. The van der Waals surface area contributed by atoms with Crippen molar-refractivity contribution in [1.82, 2.24) is 14.9 Å². The van der Waals surface area contributed by atoms with Gasteiger partial charge in [0.05, 0.1) is 29.0 Å². The van der Waals surface area contributed by atoms with Crippen LogP contribution in [0.1, 0.15) is 69.8 Å². The summed E-state index contributed by atoms with van der Waals surface area (Å²) >= 11 is 0. The SMILES string of the molecule is Cc1cccnc1C1CCCC(c2ncccc2C)N1Cc1ccc(C(=O)O)cc1. The maximum Gasteiger partial charge on any atom is 0.335 e. The topological polar surface area (TPSA) is 66.3 Å². The van der Waals surface area contributed by atoms with Crippen LogP contribution in [-0.2, 0) is 6.54 Å². The summed E-state index contributed by atoms with van der Waals surface area (Å²) in [4.78, 5) is 23.2. The van der Waals surface area contributed by atoms with Crippen LogP contribution in [0, 0.1) is 13.8 Å². The number of carboxylic acid groups (broad SMARTS) is 1. The van der Waals surface area contributed by atoms with Crippen molar-refractivity contribution in [3.05, 3.63) is 94.6 Å². The molecule has 1 fully saturated rings. The predicted molar refractivity (Wildman–Crippen MR) is 116 cm³/mol. The number of hydrogen-bond acceptors (Lipinski definition) is 4. The highest BCUT2D eigenvalue weighted by Crippen LogP contribution is 2.43. The van der Waals surface area contributed by atoms with Gasteiger partial charge in [-0.05, 0) is 74.1 Å². The second kappa shape index (κ2) is 8.76. The Kier molecular flexibility index (Phi) is 5.91.